The standard InChI is InChI=1S/C23H19Cl4N3.Fe/c1-12-8-16(24)10-18(26)22(12)28-14(3)20-6-5-7-21(30-20)15(4)29-23-13(2)9-17(25)11-19(23)27;/h5-11H,1-4H3;/q;+2. The van der Waals surface area contributed by atoms with Gasteiger partial charge in [-0.15, -0.1) is 0 Å². The van der Waals surface area contributed by atoms with Gasteiger partial charge in [-0.1, -0.05) is 52.5 Å². The Balaban J connectivity index is 0.00000341. The molecule has 0 saturated heterocycles. The van der Waals surface area contributed by atoms with E-state index in [-0.39, 0.29) is 17.1 Å². The molecule has 3 aromatic rings. The summed E-state index contributed by atoms with van der Waals surface area (Å²) in [6, 6.07) is 12.7. The van der Waals surface area contributed by atoms with Crippen LogP contribution in [-0.2, 0) is 17.1 Å². The van der Waals surface area contributed by atoms with E-state index < -0.39 is 0 Å². The fraction of sp³-hybridized carbons (Fsp3) is 0.174. The second-order valence-electron chi connectivity index (χ2n) is 6.91. The first-order valence-corrected chi connectivity index (χ1v) is 10.7. The smallest absolute Gasteiger partial charge is 0.250 e. The zero-order valence-corrected chi connectivity index (χ0v) is 21.4. The molecular formula is C23H19Cl4FeN3+2. The summed E-state index contributed by atoms with van der Waals surface area (Å²) in [6.45, 7) is 7.62. The van der Waals surface area contributed by atoms with Gasteiger partial charge in [-0.3, -0.25) is 0 Å². The first kappa shape index (κ1) is 25.9. The van der Waals surface area contributed by atoms with E-state index in [2.05, 4.69) is 9.98 Å². The predicted octanol–water partition coefficient (Wildman–Crippen LogP) is 8.59. The van der Waals surface area contributed by atoms with Crippen LogP contribution in [0.25, 0.3) is 0 Å². The number of aromatic nitrogens is 1. The number of rotatable bonds is 4. The molecule has 3 rings (SSSR count). The van der Waals surface area contributed by atoms with Gasteiger partial charge in [-0.2, -0.15) is 0 Å². The molecule has 0 amide bonds. The van der Waals surface area contributed by atoms with Crippen molar-refractivity contribution in [3.05, 3.63) is 85.1 Å². The van der Waals surface area contributed by atoms with Crippen molar-refractivity contribution >= 4 is 69.2 Å². The molecule has 31 heavy (non-hydrogen) atoms. The summed E-state index contributed by atoms with van der Waals surface area (Å²) in [7, 11) is 0. The average molecular weight is 535 g/mol. The molecular weight excluding hydrogens is 516 g/mol. The maximum Gasteiger partial charge on any atom is 2.00 e. The van der Waals surface area contributed by atoms with Gasteiger partial charge in [0, 0.05) is 10.0 Å². The number of benzene rings is 2. The van der Waals surface area contributed by atoms with E-state index in [1.54, 1.807) is 12.1 Å². The second-order valence-corrected chi connectivity index (χ2v) is 8.60. The molecule has 8 heteroatoms. The molecule has 0 N–H and O–H groups in total. The van der Waals surface area contributed by atoms with E-state index in [0.717, 1.165) is 33.9 Å². The number of hydrogen-bond acceptors (Lipinski definition) is 3. The molecule has 1 heterocycles. The van der Waals surface area contributed by atoms with Crippen molar-refractivity contribution in [3.8, 4) is 0 Å². The molecule has 2 aromatic carbocycles. The van der Waals surface area contributed by atoms with Crippen LogP contribution < -0.4 is 0 Å². The Morgan fingerprint density at radius 3 is 1.45 bits per heavy atom. The molecule has 0 atom stereocenters. The van der Waals surface area contributed by atoms with Crippen molar-refractivity contribution < 1.29 is 17.1 Å². The van der Waals surface area contributed by atoms with Gasteiger partial charge in [-0.25, -0.2) is 15.0 Å². The molecule has 0 bridgehead atoms. The molecule has 160 valence electrons. The number of nitrogens with zero attached hydrogens (tertiary/aromatic N) is 3. The van der Waals surface area contributed by atoms with Gasteiger partial charge < -0.3 is 0 Å². The van der Waals surface area contributed by atoms with Gasteiger partial charge in [0.2, 0.25) is 0 Å². The minimum Gasteiger partial charge on any atom is -0.250 e. The van der Waals surface area contributed by atoms with Gasteiger partial charge >= 0.3 is 17.1 Å². The summed E-state index contributed by atoms with van der Waals surface area (Å²) in [5.41, 5.74) is 6.08. The number of pyridine rings is 1. The van der Waals surface area contributed by atoms with Crippen molar-refractivity contribution in [1.29, 1.82) is 0 Å². The molecule has 0 aliphatic rings. The van der Waals surface area contributed by atoms with Crippen LogP contribution in [-0.4, -0.2) is 16.4 Å². The molecule has 1 aromatic heterocycles. The minimum atomic E-state index is 0. The summed E-state index contributed by atoms with van der Waals surface area (Å²) in [6.07, 6.45) is 0. The summed E-state index contributed by atoms with van der Waals surface area (Å²) >= 11 is 24.8. The normalized spacial score (nSPS) is 12.0. The molecule has 0 aliphatic carbocycles. The van der Waals surface area contributed by atoms with Gasteiger partial charge in [0.1, 0.15) is 0 Å². The Labute approximate surface area is 213 Å². The molecule has 0 saturated carbocycles. The molecule has 0 unspecified atom stereocenters. The van der Waals surface area contributed by atoms with Crippen LogP contribution in [0.2, 0.25) is 20.1 Å². The Bertz CT molecular complexity index is 1050. The van der Waals surface area contributed by atoms with E-state index in [1.165, 1.54) is 0 Å². The van der Waals surface area contributed by atoms with E-state index >= 15 is 0 Å². The summed E-state index contributed by atoms with van der Waals surface area (Å²) in [4.78, 5) is 14.1. The summed E-state index contributed by atoms with van der Waals surface area (Å²) < 4.78 is 0. The quantitative estimate of drug-likeness (QED) is 0.244. The third-order valence-corrected chi connectivity index (χ3v) is 5.50. The third-order valence-electron chi connectivity index (χ3n) is 4.49. The number of hydrogen-bond donors (Lipinski definition) is 0. The van der Waals surface area contributed by atoms with Crippen molar-refractivity contribution in [1.82, 2.24) is 4.98 Å². The number of aliphatic imine (C=N–C) groups is 2. The monoisotopic (exact) mass is 533 g/mol. The largest absolute Gasteiger partial charge is 2.00 e. The second kappa shape index (κ2) is 11.0. The molecule has 3 nitrogen and oxygen atoms in total. The summed E-state index contributed by atoms with van der Waals surface area (Å²) in [5, 5.41) is 2.16. The maximum atomic E-state index is 6.33. The first-order chi connectivity index (χ1) is 14.2. The maximum absolute atomic E-state index is 6.33. The fourth-order valence-electron chi connectivity index (χ4n) is 2.96. The number of halogens is 4. The first-order valence-electron chi connectivity index (χ1n) is 9.15. The van der Waals surface area contributed by atoms with Crippen molar-refractivity contribution in [2.24, 2.45) is 9.98 Å². The zero-order chi connectivity index (χ0) is 22.0. The average Bonchev–Trinajstić information content (AvgIpc) is 2.67. The van der Waals surface area contributed by atoms with Crippen molar-refractivity contribution in [3.63, 3.8) is 0 Å². The predicted molar refractivity (Wildman–Crippen MR) is 130 cm³/mol. The SMILES string of the molecule is CC(=Nc1c(C)cc(Cl)cc1Cl)c1cccc(C(C)=Nc2c(C)cc(Cl)cc2Cl)n1.[Fe+2]. The van der Waals surface area contributed by atoms with Gasteiger partial charge in [0.25, 0.3) is 0 Å². The van der Waals surface area contributed by atoms with Crippen LogP contribution in [0, 0.1) is 13.8 Å². The Hall–Kier alpha value is -1.39. The van der Waals surface area contributed by atoms with Gasteiger partial charge in [-0.05, 0) is 75.2 Å². The Kier molecular flexibility index (Phi) is 9.14. The zero-order valence-electron chi connectivity index (χ0n) is 17.2. The molecule has 0 radical (unpaired) electrons. The topological polar surface area (TPSA) is 37.6 Å². The summed E-state index contributed by atoms with van der Waals surface area (Å²) in [5.74, 6) is 0. The van der Waals surface area contributed by atoms with Crippen LogP contribution in [0.4, 0.5) is 11.4 Å². The van der Waals surface area contributed by atoms with Gasteiger partial charge in [0.15, 0.2) is 0 Å². The van der Waals surface area contributed by atoms with Crippen LogP contribution >= 0.6 is 46.4 Å². The molecule has 0 aliphatic heterocycles. The molecule has 0 fully saturated rings. The van der Waals surface area contributed by atoms with E-state index in [4.69, 9.17) is 51.4 Å². The third kappa shape index (κ3) is 6.32. The fourth-order valence-corrected chi connectivity index (χ4v) is 4.24. The molecule has 0 spiro atoms. The Morgan fingerprint density at radius 1 is 0.710 bits per heavy atom. The van der Waals surface area contributed by atoms with Crippen molar-refractivity contribution in [2.45, 2.75) is 27.7 Å². The Morgan fingerprint density at radius 2 is 1.10 bits per heavy atom. The van der Waals surface area contributed by atoms with Crippen LogP contribution in [0.3, 0.4) is 0 Å². The minimum absolute atomic E-state index is 0. The van der Waals surface area contributed by atoms with E-state index in [1.807, 2.05) is 58.0 Å². The van der Waals surface area contributed by atoms with Crippen LogP contribution in [0.1, 0.15) is 36.4 Å². The van der Waals surface area contributed by atoms with Crippen LogP contribution in [0.15, 0.2) is 52.4 Å². The van der Waals surface area contributed by atoms with Crippen LogP contribution in [0.5, 0.6) is 0 Å². The van der Waals surface area contributed by atoms with Gasteiger partial charge in [0.05, 0.1) is 44.2 Å². The van der Waals surface area contributed by atoms with Crippen molar-refractivity contribution in [2.75, 3.05) is 0 Å². The van der Waals surface area contributed by atoms with E-state index in [0.29, 0.717) is 31.5 Å². The number of aryl methyl sites for hydroxylation is 2. The van der Waals surface area contributed by atoms with E-state index in [9.17, 15) is 0 Å².